The maximum Gasteiger partial charge on any atom is 0.328 e. The van der Waals surface area contributed by atoms with Gasteiger partial charge in [0, 0.05) is 36.4 Å². The van der Waals surface area contributed by atoms with Gasteiger partial charge in [0.15, 0.2) is 0 Å². The van der Waals surface area contributed by atoms with Gasteiger partial charge in [-0.1, -0.05) is 22.0 Å². The number of carboxylic acid groups (broad SMARTS) is 1. The van der Waals surface area contributed by atoms with Crippen molar-refractivity contribution in [2.24, 2.45) is 0 Å². The molecule has 0 atom stereocenters. The van der Waals surface area contributed by atoms with Gasteiger partial charge >= 0.3 is 5.97 Å². The fraction of sp³-hybridized carbons (Fsp3) is 0.286. The van der Waals surface area contributed by atoms with Gasteiger partial charge in [-0.2, -0.15) is 0 Å². The molecular weight excluding hydrogens is 324 g/mol. The van der Waals surface area contributed by atoms with Crippen LogP contribution < -0.4 is 4.90 Å². The second-order valence-electron chi connectivity index (χ2n) is 4.61. The quantitative estimate of drug-likeness (QED) is 0.854. The maximum atomic E-state index is 11.8. The normalized spacial score (nSPS) is 16.0. The zero-order valence-corrected chi connectivity index (χ0v) is 12.6. The molecule has 1 fully saturated rings. The Balaban J connectivity index is 2.32. The Kier molecular flexibility index (Phi) is 4.44. The molecular formula is C14H15BrN2O3. The summed E-state index contributed by atoms with van der Waals surface area (Å²) in [4.78, 5) is 26.1. The molecule has 1 aromatic rings. The van der Waals surface area contributed by atoms with E-state index in [0.717, 1.165) is 28.3 Å². The summed E-state index contributed by atoms with van der Waals surface area (Å²) in [5.74, 6) is -0.933. The third-order valence-electron chi connectivity index (χ3n) is 3.20. The second-order valence-corrected chi connectivity index (χ2v) is 5.53. The molecule has 0 bridgehead atoms. The van der Waals surface area contributed by atoms with E-state index in [1.54, 1.807) is 18.0 Å². The van der Waals surface area contributed by atoms with Gasteiger partial charge in [0.1, 0.15) is 0 Å². The van der Waals surface area contributed by atoms with Crippen molar-refractivity contribution in [1.82, 2.24) is 4.90 Å². The Morgan fingerprint density at radius 3 is 2.80 bits per heavy atom. The second kappa shape index (κ2) is 6.09. The molecule has 5 nitrogen and oxygen atoms in total. The van der Waals surface area contributed by atoms with Crippen molar-refractivity contribution in [1.29, 1.82) is 0 Å². The molecule has 1 saturated heterocycles. The van der Waals surface area contributed by atoms with Crippen molar-refractivity contribution < 1.29 is 14.7 Å². The maximum absolute atomic E-state index is 11.8. The van der Waals surface area contributed by atoms with Crippen LogP contribution in [0.3, 0.4) is 0 Å². The SMILES string of the molecule is CN1CCN(c2cc(Br)ccc2C=CC(=O)O)CC1=O. The van der Waals surface area contributed by atoms with Crippen LogP contribution in [-0.4, -0.2) is 48.6 Å². The van der Waals surface area contributed by atoms with Gasteiger partial charge in [-0.3, -0.25) is 4.79 Å². The van der Waals surface area contributed by atoms with Crippen LogP contribution in [0.15, 0.2) is 28.7 Å². The number of piperazine rings is 1. The molecule has 1 aromatic carbocycles. The molecule has 0 spiro atoms. The Morgan fingerprint density at radius 1 is 1.40 bits per heavy atom. The summed E-state index contributed by atoms with van der Waals surface area (Å²) in [7, 11) is 1.78. The third-order valence-corrected chi connectivity index (χ3v) is 3.69. The van der Waals surface area contributed by atoms with E-state index in [9.17, 15) is 9.59 Å². The number of halogens is 1. The summed E-state index contributed by atoms with van der Waals surface area (Å²) in [6.07, 6.45) is 2.65. The Labute approximate surface area is 125 Å². The predicted octanol–water partition coefficient (Wildman–Crippen LogP) is 1.83. The summed E-state index contributed by atoms with van der Waals surface area (Å²) >= 11 is 3.41. The Hall–Kier alpha value is -1.82. The average molecular weight is 339 g/mol. The van der Waals surface area contributed by atoms with Crippen molar-refractivity contribution in [3.63, 3.8) is 0 Å². The number of carboxylic acids is 1. The minimum atomic E-state index is -0.992. The lowest BCUT2D eigenvalue weighted by Gasteiger charge is -2.34. The van der Waals surface area contributed by atoms with Crippen LogP contribution in [0.4, 0.5) is 5.69 Å². The first-order valence-electron chi connectivity index (χ1n) is 6.17. The van der Waals surface area contributed by atoms with Gasteiger partial charge < -0.3 is 14.9 Å². The van der Waals surface area contributed by atoms with Crippen molar-refractivity contribution in [2.75, 3.05) is 31.6 Å². The van der Waals surface area contributed by atoms with E-state index in [1.165, 1.54) is 0 Å². The molecule has 2 rings (SSSR count). The number of rotatable bonds is 3. The summed E-state index contributed by atoms with van der Waals surface area (Å²) in [5, 5.41) is 8.74. The number of carbonyl (C=O) groups excluding carboxylic acids is 1. The Morgan fingerprint density at radius 2 is 2.15 bits per heavy atom. The number of benzene rings is 1. The van der Waals surface area contributed by atoms with Crippen LogP contribution in [-0.2, 0) is 9.59 Å². The summed E-state index contributed by atoms with van der Waals surface area (Å²) in [6.45, 7) is 1.70. The third kappa shape index (κ3) is 3.39. The van der Waals surface area contributed by atoms with Gasteiger partial charge in [-0.15, -0.1) is 0 Å². The topological polar surface area (TPSA) is 60.9 Å². The molecule has 0 saturated carbocycles. The molecule has 0 radical (unpaired) electrons. The van der Waals surface area contributed by atoms with Crippen molar-refractivity contribution >= 4 is 39.6 Å². The molecule has 20 heavy (non-hydrogen) atoms. The van der Waals surface area contributed by atoms with E-state index < -0.39 is 5.97 Å². The number of aliphatic carboxylic acids is 1. The fourth-order valence-electron chi connectivity index (χ4n) is 2.06. The molecule has 6 heteroatoms. The summed E-state index contributed by atoms with van der Waals surface area (Å²) in [6, 6.07) is 5.59. The van der Waals surface area contributed by atoms with E-state index in [4.69, 9.17) is 5.11 Å². The van der Waals surface area contributed by atoms with Gasteiger partial charge in [-0.25, -0.2) is 4.79 Å². The first kappa shape index (κ1) is 14.6. The highest BCUT2D eigenvalue weighted by molar-refractivity contribution is 9.10. The monoisotopic (exact) mass is 338 g/mol. The molecule has 106 valence electrons. The number of nitrogens with zero attached hydrogens (tertiary/aromatic N) is 2. The van der Waals surface area contributed by atoms with Crippen LogP contribution in [0.5, 0.6) is 0 Å². The van der Waals surface area contributed by atoms with Gasteiger partial charge in [0.05, 0.1) is 6.54 Å². The number of amides is 1. The van der Waals surface area contributed by atoms with Gasteiger partial charge in [0.25, 0.3) is 0 Å². The average Bonchev–Trinajstić information content (AvgIpc) is 2.40. The van der Waals surface area contributed by atoms with E-state index >= 15 is 0 Å². The first-order valence-corrected chi connectivity index (χ1v) is 6.96. The van der Waals surface area contributed by atoms with Gasteiger partial charge in [-0.05, 0) is 23.8 Å². The minimum absolute atomic E-state index is 0.0596. The summed E-state index contributed by atoms with van der Waals surface area (Å²) in [5.41, 5.74) is 1.64. The number of carbonyl (C=O) groups is 2. The smallest absolute Gasteiger partial charge is 0.328 e. The molecule has 1 amide bonds. The largest absolute Gasteiger partial charge is 0.478 e. The van der Waals surface area contributed by atoms with E-state index in [1.807, 2.05) is 23.1 Å². The molecule has 0 unspecified atom stereocenters. The van der Waals surface area contributed by atoms with Crippen LogP contribution in [0.25, 0.3) is 6.08 Å². The highest BCUT2D eigenvalue weighted by Gasteiger charge is 2.22. The molecule has 0 aromatic heterocycles. The zero-order valence-electron chi connectivity index (χ0n) is 11.0. The fourth-order valence-corrected chi connectivity index (χ4v) is 2.41. The Bertz CT molecular complexity index is 572. The lowest BCUT2D eigenvalue weighted by molar-refractivity contribution is -0.131. The first-order chi connectivity index (χ1) is 9.47. The number of likely N-dealkylation sites (N-methyl/N-ethyl adjacent to an activating group) is 1. The number of hydrogen-bond donors (Lipinski definition) is 1. The van der Waals surface area contributed by atoms with E-state index in [2.05, 4.69) is 15.9 Å². The highest BCUT2D eigenvalue weighted by atomic mass is 79.9. The van der Waals surface area contributed by atoms with Crippen molar-refractivity contribution in [3.8, 4) is 0 Å². The molecule has 1 aliphatic heterocycles. The van der Waals surface area contributed by atoms with Crippen LogP contribution >= 0.6 is 15.9 Å². The van der Waals surface area contributed by atoms with E-state index in [0.29, 0.717) is 13.1 Å². The van der Waals surface area contributed by atoms with Gasteiger partial charge in [0.2, 0.25) is 5.91 Å². The molecule has 1 aliphatic rings. The number of anilines is 1. The lowest BCUT2D eigenvalue weighted by atomic mass is 10.1. The highest BCUT2D eigenvalue weighted by Crippen LogP contribution is 2.27. The van der Waals surface area contributed by atoms with Crippen molar-refractivity contribution in [2.45, 2.75) is 0 Å². The van der Waals surface area contributed by atoms with Crippen LogP contribution in [0.1, 0.15) is 5.56 Å². The summed E-state index contributed by atoms with van der Waals surface area (Å²) < 4.78 is 0.895. The zero-order chi connectivity index (χ0) is 14.7. The molecule has 1 heterocycles. The molecule has 1 N–H and O–H groups in total. The molecule has 0 aliphatic carbocycles. The predicted molar refractivity (Wildman–Crippen MR) is 80.7 cm³/mol. The number of hydrogen-bond acceptors (Lipinski definition) is 3. The van der Waals surface area contributed by atoms with E-state index in [-0.39, 0.29) is 5.91 Å². The van der Waals surface area contributed by atoms with Crippen LogP contribution in [0, 0.1) is 0 Å². The minimum Gasteiger partial charge on any atom is -0.478 e. The van der Waals surface area contributed by atoms with Crippen LogP contribution in [0.2, 0.25) is 0 Å². The standard InChI is InChI=1S/C14H15BrN2O3/c1-16-6-7-17(9-13(16)18)12-8-11(15)4-2-10(12)3-5-14(19)20/h2-5,8H,6-7,9H2,1H3,(H,19,20). The van der Waals surface area contributed by atoms with Crippen molar-refractivity contribution in [3.05, 3.63) is 34.3 Å². The lowest BCUT2D eigenvalue weighted by Crippen LogP contribution is -2.48.